The number of ether oxygens (including phenoxy) is 1. The lowest BCUT2D eigenvalue weighted by molar-refractivity contribution is -0.107. The molecule has 1 aromatic carbocycles. The number of nitrogens with zero attached hydrogens (tertiary/aromatic N) is 3. The van der Waals surface area contributed by atoms with Crippen LogP contribution in [0.25, 0.3) is 0 Å². The molecule has 20 heavy (non-hydrogen) atoms. The number of methoxy groups -OCH3 is 1. The van der Waals surface area contributed by atoms with Crippen molar-refractivity contribution >= 4 is 12.1 Å². The number of allylic oxidation sites excluding steroid dienone is 1. The average Bonchev–Trinajstić information content (AvgIpc) is 2.50. The smallest absolute Gasteiger partial charge is 0.186 e. The lowest BCUT2D eigenvalue weighted by Gasteiger charge is -2.21. The molecule has 0 unspecified atom stereocenters. The molecular weight excluding hydrogens is 254 g/mol. The molecule has 1 rings (SSSR count). The van der Waals surface area contributed by atoms with Gasteiger partial charge in [0.1, 0.15) is 0 Å². The highest BCUT2D eigenvalue weighted by molar-refractivity contribution is 5.82. The van der Waals surface area contributed by atoms with Gasteiger partial charge in [0, 0.05) is 7.05 Å². The maximum atomic E-state index is 10.8. The molecule has 0 aliphatic heterocycles. The predicted octanol–water partition coefficient (Wildman–Crippen LogP) is 2.10. The van der Waals surface area contributed by atoms with E-state index in [1.54, 1.807) is 24.2 Å². The van der Waals surface area contributed by atoms with E-state index >= 15 is 0 Å². The third kappa shape index (κ3) is 3.95. The average molecular weight is 271 g/mol. The molecule has 0 heterocycles. The maximum Gasteiger partial charge on any atom is 0.186 e. The molecule has 0 aromatic heterocycles. The minimum Gasteiger partial charge on any atom is -0.492 e. The fourth-order valence-electron chi connectivity index (χ4n) is 1.62. The minimum absolute atomic E-state index is 0.197. The van der Waals surface area contributed by atoms with Crippen LogP contribution in [0, 0.1) is 11.3 Å². The van der Waals surface area contributed by atoms with E-state index in [2.05, 4.69) is 11.1 Å². The summed E-state index contributed by atoms with van der Waals surface area (Å²) in [7, 11) is 3.10. The van der Waals surface area contributed by atoms with E-state index in [0.29, 0.717) is 24.2 Å². The predicted molar refractivity (Wildman–Crippen MR) is 76.9 cm³/mol. The van der Waals surface area contributed by atoms with Gasteiger partial charge in [-0.2, -0.15) is 5.26 Å². The Labute approximate surface area is 118 Å². The summed E-state index contributed by atoms with van der Waals surface area (Å²) in [5.74, 6) is 0.914. The Kier molecular flexibility index (Phi) is 5.98. The lowest BCUT2D eigenvalue weighted by atomic mass is 10.1. The zero-order valence-corrected chi connectivity index (χ0v) is 11.8. The van der Waals surface area contributed by atoms with Crippen LogP contribution in [-0.4, -0.2) is 31.2 Å². The number of hydrogen-bond donors (Lipinski definition) is 0. The minimum atomic E-state index is 0.197. The van der Waals surface area contributed by atoms with Crippen LogP contribution in [-0.2, 0) is 16.1 Å². The first-order valence-corrected chi connectivity index (χ1v) is 6.05. The van der Waals surface area contributed by atoms with Gasteiger partial charge < -0.3 is 9.64 Å². The molecule has 0 N–H and O–H groups in total. The summed E-state index contributed by atoms with van der Waals surface area (Å²) >= 11 is 0. The summed E-state index contributed by atoms with van der Waals surface area (Å²) in [6, 6.07) is 9.46. The summed E-state index contributed by atoms with van der Waals surface area (Å²) in [6.07, 6.45) is 2.20. The number of carbonyl (C=O) groups is 1. The summed E-state index contributed by atoms with van der Waals surface area (Å²) in [5, 5.41) is 9.11. The molecule has 104 valence electrons. The monoisotopic (exact) mass is 271 g/mol. The van der Waals surface area contributed by atoms with E-state index in [4.69, 9.17) is 10.00 Å². The fraction of sp³-hybridized carbons (Fsp3) is 0.267. The van der Waals surface area contributed by atoms with E-state index in [1.807, 2.05) is 25.1 Å². The Hall–Kier alpha value is -2.61. The first-order chi connectivity index (χ1) is 9.65. The molecule has 0 aliphatic carbocycles. The van der Waals surface area contributed by atoms with Crippen molar-refractivity contribution in [3.63, 3.8) is 0 Å². The summed E-state index contributed by atoms with van der Waals surface area (Å²) in [5.41, 5.74) is 1.45. The molecule has 0 aliphatic rings. The quantitative estimate of drug-likeness (QED) is 0.270. The zero-order chi connectivity index (χ0) is 15.0. The van der Waals surface area contributed by atoms with Crippen LogP contribution in [0.4, 0.5) is 0 Å². The van der Waals surface area contributed by atoms with Crippen molar-refractivity contribution in [2.24, 2.45) is 4.99 Å². The van der Waals surface area contributed by atoms with Crippen molar-refractivity contribution in [2.75, 3.05) is 14.2 Å². The molecule has 0 spiro atoms. The van der Waals surface area contributed by atoms with Gasteiger partial charge in [-0.1, -0.05) is 18.2 Å². The second-order valence-corrected chi connectivity index (χ2v) is 4.02. The summed E-state index contributed by atoms with van der Waals surface area (Å²) < 4.78 is 4.95. The fourth-order valence-corrected chi connectivity index (χ4v) is 1.62. The highest BCUT2D eigenvalue weighted by atomic mass is 16.5. The largest absolute Gasteiger partial charge is 0.492 e. The van der Waals surface area contributed by atoms with Crippen LogP contribution in [0.1, 0.15) is 18.1 Å². The Bertz CT molecular complexity index is 571. The van der Waals surface area contributed by atoms with Crippen molar-refractivity contribution < 1.29 is 9.53 Å². The van der Waals surface area contributed by atoms with Gasteiger partial charge in [0.15, 0.2) is 12.0 Å². The Morgan fingerprint density at radius 3 is 2.75 bits per heavy atom. The third-order valence-corrected chi connectivity index (χ3v) is 2.85. The van der Waals surface area contributed by atoms with Gasteiger partial charge in [0.2, 0.25) is 0 Å². The molecule has 0 radical (unpaired) electrons. The number of amidine groups is 1. The third-order valence-electron chi connectivity index (χ3n) is 2.85. The van der Waals surface area contributed by atoms with Crippen LogP contribution < -0.4 is 0 Å². The van der Waals surface area contributed by atoms with Gasteiger partial charge in [0.25, 0.3) is 0 Å². The van der Waals surface area contributed by atoms with E-state index in [0.717, 1.165) is 5.56 Å². The van der Waals surface area contributed by atoms with E-state index in [9.17, 15) is 4.79 Å². The SMILES string of the molecule is CN=C(C)N(/C=C(\C=O)OC)Cc1ccccc1C#N. The normalized spacial score (nSPS) is 11.7. The lowest BCUT2D eigenvalue weighted by Crippen LogP contribution is -2.24. The number of carbonyl (C=O) groups excluding carboxylic acids is 1. The number of aldehydes is 1. The highest BCUT2D eigenvalue weighted by Crippen LogP contribution is 2.12. The Morgan fingerprint density at radius 1 is 1.50 bits per heavy atom. The Balaban J connectivity index is 3.11. The molecule has 0 atom stereocenters. The number of hydrogen-bond acceptors (Lipinski definition) is 4. The molecule has 0 saturated heterocycles. The number of aliphatic imine (C=N–C) groups is 1. The molecule has 0 bridgehead atoms. The Morgan fingerprint density at radius 2 is 2.20 bits per heavy atom. The maximum absolute atomic E-state index is 10.8. The van der Waals surface area contributed by atoms with Crippen LogP contribution in [0.5, 0.6) is 0 Å². The van der Waals surface area contributed by atoms with Gasteiger partial charge in [-0.05, 0) is 18.6 Å². The first-order valence-electron chi connectivity index (χ1n) is 6.05. The summed E-state index contributed by atoms with van der Waals surface area (Å²) in [6.45, 7) is 2.26. The standard InChI is InChI=1S/C15H17N3O2/c1-12(17-2)18(10-15(11-19)20-3)9-14-7-5-4-6-13(14)8-16/h4-7,10-11H,9H2,1-3H3/b15-10+,17-12?. The van der Waals surface area contributed by atoms with Crippen LogP contribution in [0.15, 0.2) is 41.2 Å². The van der Waals surface area contributed by atoms with Gasteiger partial charge in [-0.15, -0.1) is 0 Å². The molecule has 5 heteroatoms. The molecule has 0 saturated carbocycles. The van der Waals surface area contributed by atoms with E-state index in [1.165, 1.54) is 7.11 Å². The van der Waals surface area contributed by atoms with Gasteiger partial charge in [-0.3, -0.25) is 9.79 Å². The number of rotatable bonds is 5. The first kappa shape index (κ1) is 15.4. The van der Waals surface area contributed by atoms with E-state index < -0.39 is 0 Å². The molecule has 0 amide bonds. The molecule has 5 nitrogen and oxygen atoms in total. The molecule has 0 fully saturated rings. The van der Waals surface area contributed by atoms with Crippen molar-refractivity contribution in [1.29, 1.82) is 5.26 Å². The van der Waals surface area contributed by atoms with Crippen molar-refractivity contribution in [3.05, 3.63) is 47.4 Å². The number of benzene rings is 1. The molecule has 1 aromatic rings. The van der Waals surface area contributed by atoms with Gasteiger partial charge in [0.05, 0.1) is 37.3 Å². The van der Waals surface area contributed by atoms with Gasteiger partial charge >= 0.3 is 0 Å². The second kappa shape index (κ2) is 7.74. The van der Waals surface area contributed by atoms with Crippen molar-refractivity contribution in [3.8, 4) is 6.07 Å². The second-order valence-electron chi connectivity index (χ2n) is 4.02. The van der Waals surface area contributed by atoms with Crippen LogP contribution >= 0.6 is 0 Å². The van der Waals surface area contributed by atoms with E-state index in [-0.39, 0.29) is 5.76 Å². The highest BCUT2D eigenvalue weighted by Gasteiger charge is 2.10. The van der Waals surface area contributed by atoms with Crippen molar-refractivity contribution in [1.82, 2.24) is 4.90 Å². The zero-order valence-electron chi connectivity index (χ0n) is 11.8. The van der Waals surface area contributed by atoms with Crippen molar-refractivity contribution in [2.45, 2.75) is 13.5 Å². The van der Waals surface area contributed by atoms with Gasteiger partial charge in [-0.25, -0.2) is 0 Å². The molecular formula is C15H17N3O2. The van der Waals surface area contributed by atoms with Crippen LogP contribution in [0.2, 0.25) is 0 Å². The topological polar surface area (TPSA) is 65.7 Å². The van der Waals surface area contributed by atoms with Crippen LogP contribution in [0.3, 0.4) is 0 Å². The number of nitriles is 1. The summed E-state index contributed by atoms with van der Waals surface area (Å²) in [4.78, 5) is 16.7.